The van der Waals surface area contributed by atoms with Gasteiger partial charge in [-0.1, -0.05) is 37.5 Å². The van der Waals surface area contributed by atoms with Crippen molar-refractivity contribution < 1.29 is 14.3 Å². The van der Waals surface area contributed by atoms with Crippen LogP contribution < -0.4 is 5.32 Å². The highest BCUT2D eigenvalue weighted by molar-refractivity contribution is 7.20. The summed E-state index contributed by atoms with van der Waals surface area (Å²) in [4.78, 5) is 24.9. The molecule has 1 aromatic heterocycles. The predicted molar refractivity (Wildman–Crippen MR) is 91.7 cm³/mol. The molecule has 1 saturated carbocycles. The van der Waals surface area contributed by atoms with Gasteiger partial charge in [0.25, 0.3) is 5.91 Å². The van der Waals surface area contributed by atoms with E-state index in [2.05, 4.69) is 5.32 Å². The van der Waals surface area contributed by atoms with Crippen LogP contribution in [0.3, 0.4) is 0 Å². The lowest BCUT2D eigenvalue weighted by Crippen LogP contribution is -2.42. The van der Waals surface area contributed by atoms with Crippen molar-refractivity contribution in [2.75, 3.05) is 0 Å². The second kappa shape index (κ2) is 7.13. The molecule has 1 unspecified atom stereocenters. The van der Waals surface area contributed by atoms with E-state index in [0.29, 0.717) is 4.88 Å². The number of esters is 1. The number of fused-ring (bicyclic) bond motifs is 1. The molecule has 1 heterocycles. The molecule has 1 aromatic carbocycles. The second-order valence-corrected chi connectivity index (χ2v) is 7.12. The molecule has 1 N–H and O–H groups in total. The van der Waals surface area contributed by atoms with Gasteiger partial charge in [-0.15, -0.1) is 11.3 Å². The van der Waals surface area contributed by atoms with Gasteiger partial charge < -0.3 is 10.1 Å². The molecular weight excluding hydrogens is 310 g/mol. The van der Waals surface area contributed by atoms with Gasteiger partial charge in [0.2, 0.25) is 0 Å². The van der Waals surface area contributed by atoms with Crippen LogP contribution in [0.4, 0.5) is 0 Å². The van der Waals surface area contributed by atoms with E-state index in [-0.39, 0.29) is 11.9 Å². The second-order valence-electron chi connectivity index (χ2n) is 6.04. The van der Waals surface area contributed by atoms with Gasteiger partial charge in [0, 0.05) is 10.7 Å². The van der Waals surface area contributed by atoms with Crippen LogP contribution in [-0.4, -0.2) is 24.0 Å². The minimum absolute atomic E-state index is 0.202. The Morgan fingerprint density at radius 3 is 2.70 bits per heavy atom. The third-order valence-electron chi connectivity index (χ3n) is 4.23. The fourth-order valence-electron chi connectivity index (χ4n) is 2.92. The van der Waals surface area contributed by atoms with Crippen LogP contribution in [0, 0.1) is 0 Å². The monoisotopic (exact) mass is 331 g/mol. The Labute approximate surface area is 139 Å². The molecule has 3 rings (SSSR count). The maximum Gasteiger partial charge on any atom is 0.349 e. The Balaban J connectivity index is 1.58. The average Bonchev–Trinajstić information content (AvgIpc) is 3.00. The first-order chi connectivity index (χ1) is 11.1. The normalized spacial score (nSPS) is 16.9. The Hall–Kier alpha value is -1.88. The van der Waals surface area contributed by atoms with E-state index in [0.717, 1.165) is 35.8 Å². The quantitative estimate of drug-likeness (QED) is 0.865. The van der Waals surface area contributed by atoms with Crippen LogP contribution in [0.25, 0.3) is 10.1 Å². The van der Waals surface area contributed by atoms with Crippen LogP contribution in [0.15, 0.2) is 30.3 Å². The third-order valence-corrected chi connectivity index (χ3v) is 5.33. The number of carbonyl (C=O) groups is 2. The molecule has 4 nitrogen and oxygen atoms in total. The maximum atomic E-state index is 12.2. The molecule has 0 spiro atoms. The summed E-state index contributed by atoms with van der Waals surface area (Å²) in [5.41, 5.74) is 0. The zero-order valence-corrected chi connectivity index (χ0v) is 14.0. The molecule has 122 valence electrons. The SMILES string of the molecule is CC(OC(=O)c1cc2ccccc2s1)C(=O)NC1CCCCC1. The summed E-state index contributed by atoms with van der Waals surface area (Å²) in [5.74, 6) is -0.635. The van der Waals surface area contributed by atoms with Crippen LogP contribution in [0.5, 0.6) is 0 Å². The highest BCUT2D eigenvalue weighted by Crippen LogP contribution is 2.26. The van der Waals surface area contributed by atoms with Crippen molar-refractivity contribution in [1.29, 1.82) is 0 Å². The fourth-order valence-corrected chi connectivity index (χ4v) is 3.87. The lowest BCUT2D eigenvalue weighted by atomic mass is 9.95. The fraction of sp³-hybridized carbons (Fsp3) is 0.444. The molecule has 1 atom stereocenters. The third kappa shape index (κ3) is 3.91. The van der Waals surface area contributed by atoms with E-state index in [4.69, 9.17) is 4.74 Å². The Kier molecular flexibility index (Phi) is 4.96. The molecule has 1 aliphatic carbocycles. The van der Waals surface area contributed by atoms with Gasteiger partial charge in [0.1, 0.15) is 4.88 Å². The molecule has 0 saturated heterocycles. The van der Waals surface area contributed by atoms with E-state index < -0.39 is 12.1 Å². The van der Waals surface area contributed by atoms with Gasteiger partial charge in [-0.05, 0) is 37.3 Å². The van der Waals surface area contributed by atoms with E-state index in [9.17, 15) is 9.59 Å². The zero-order valence-electron chi connectivity index (χ0n) is 13.2. The average molecular weight is 331 g/mol. The van der Waals surface area contributed by atoms with Crippen molar-refractivity contribution in [2.45, 2.75) is 51.2 Å². The molecular formula is C18H21NO3S. The van der Waals surface area contributed by atoms with Gasteiger partial charge in [0.15, 0.2) is 6.10 Å². The van der Waals surface area contributed by atoms with Gasteiger partial charge in [-0.2, -0.15) is 0 Å². The lowest BCUT2D eigenvalue weighted by molar-refractivity contribution is -0.130. The molecule has 1 amide bonds. The number of hydrogen-bond donors (Lipinski definition) is 1. The maximum absolute atomic E-state index is 12.2. The number of rotatable bonds is 4. The first-order valence-electron chi connectivity index (χ1n) is 8.13. The van der Waals surface area contributed by atoms with Gasteiger partial charge in [0.05, 0.1) is 0 Å². The summed E-state index contributed by atoms with van der Waals surface area (Å²) in [5, 5.41) is 4.01. The van der Waals surface area contributed by atoms with Crippen molar-refractivity contribution >= 4 is 33.3 Å². The summed E-state index contributed by atoms with van der Waals surface area (Å²) < 4.78 is 6.37. The number of amides is 1. The van der Waals surface area contributed by atoms with Crippen LogP contribution in [0.2, 0.25) is 0 Å². The first-order valence-corrected chi connectivity index (χ1v) is 8.95. The van der Waals surface area contributed by atoms with Crippen molar-refractivity contribution in [1.82, 2.24) is 5.32 Å². The molecule has 5 heteroatoms. The number of ether oxygens (including phenoxy) is 1. The summed E-state index contributed by atoms with van der Waals surface area (Å²) in [6, 6.07) is 9.84. The summed E-state index contributed by atoms with van der Waals surface area (Å²) in [6.07, 6.45) is 4.81. The largest absolute Gasteiger partial charge is 0.448 e. The van der Waals surface area contributed by atoms with Gasteiger partial charge >= 0.3 is 5.97 Å². The van der Waals surface area contributed by atoms with E-state index in [1.54, 1.807) is 6.92 Å². The van der Waals surface area contributed by atoms with E-state index >= 15 is 0 Å². The zero-order chi connectivity index (χ0) is 16.2. The van der Waals surface area contributed by atoms with Crippen LogP contribution >= 0.6 is 11.3 Å². The lowest BCUT2D eigenvalue weighted by Gasteiger charge is -2.24. The van der Waals surface area contributed by atoms with Crippen LogP contribution in [-0.2, 0) is 9.53 Å². The van der Waals surface area contributed by atoms with E-state index in [1.165, 1.54) is 17.8 Å². The van der Waals surface area contributed by atoms with Gasteiger partial charge in [-0.3, -0.25) is 4.79 Å². The van der Waals surface area contributed by atoms with Crippen molar-refractivity contribution in [3.8, 4) is 0 Å². The Morgan fingerprint density at radius 1 is 1.22 bits per heavy atom. The highest BCUT2D eigenvalue weighted by atomic mass is 32.1. The Morgan fingerprint density at radius 2 is 1.96 bits per heavy atom. The topological polar surface area (TPSA) is 55.4 Å². The Bertz CT molecular complexity index is 670. The number of nitrogens with one attached hydrogen (secondary N) is 1. The molecule has 0 bridgehead atoms. The molecule has 0 aliphatic heterocycles. The van der Waals surface area contributed by atoms with Crippen molar-refractivity contribution in [3.05, 3.63) is 35.2 Å². The molecule has 0 radical (unpaired) electrons. The van der Waals surface area contributed by atoms with E-state index in [1.807, 2.05) is 30.3 Å². The summed E-state index contributed by atoms with van der Waals surface area (Å²) >= 11 is 1.39. The summed E-state index contributed by atoms with van der Waals surface area (Å²) in [6.45, 7) is 1.63. The highest BCUT2D eigenvalue weighted by Gasteiger charge is 2.23. The smallest absolute Gasteiger partial charge is 0.349 e. The first kappa shape index (κ1) is 16.0. The number of thiophene rings is 1. The van der Waals surface area contributed by atoms with Crippen molar-refractivity contribution in [3.63, 3.8) is 0 Å². The molecule has 2 aromatic rings. The molecule has 1 aliphatic rings. The summed E-state index contributed by atoms with van der Waals surface area (Å²) in [7, 11) is 0. The number of benzene rings is 1. The molecule has 1 fully saturated rings. The number of carbonyl (C=O) groups excluding carboxylic acids is 2. The molecule has 23 heavy (non-hydrogen) atoms. The number of hydrogen-bond acceptors (Lipinski definition) is 4. The standard InChI is InChI=1S/C18H21NO3S/c1-12(17(20)19-14-8-3-2-4-9-14)22-18(21)16-11-13-7-5-6-10-15(13)23-16/h5-7,10-12,14H,2-4,8-9H2,1H3,(H,19,20). The van der Waals surface area contributed by atoms with Crippen LogP contribution in [0.1, 0.15) is 48.7 Å². The predicted octanol–water partition coefficient (Wildman–Crippen LogP) is 3.90. The minimum Gasteiger partial charge on any atom is -0.448 e. The van der Waals surface area contributed by atoms with Gasteiger partial charge in [-0.25, -0.2) is 4.79 Å². The van der Waals surface area contributed by atoms with Crippen molar-refractivity contribution in [2.24, 2.45) is 0 Å². The minimum atomic E-state index is -0.769.